The van der Waals surface area contributed by atoms with Crippen LogP contribution in [0, 0.1) is 18.3 Å². The highest BCUT2D eigenvalue weighted by Gasteiger charge is 2.33. The summed E-state index contributed by atoms with van der Waals surface area (Å²) in [5.74, 6) is -2.03. The first-order valence-electron chi connectivity index (χ1n) is 9.61. The van der Waals surface area contributed by atoms with Crippen LogP contribution in [0.3, 0.4) is 0 Å². The van der Waals surface area contributed by atoms with Crippen LogP contribution in [0.25, 0.3) is 16.5 Å². The van der Waals surface area contributed by atoms with Crippen molar-refractivity contribution < 1.29 is 23.6 Å². The number of rotatable bonds is 6. The van der Waals surface area contributed by atoms with Crippen LogP contribution in [-0.4, -0.2) is 43.5 Å². The number of allylic oxidation sites excluding steroid dienone is 1. The molecular formula is C20H15N7O6. The standard InChI is InChI=1S/C20H15N7O6/c1-10-13-3-2-12(22-9-11(8-21)19-23-25-26-24-19)6-15(13)32-20(31)14(10)7-18(30)33-27-16(28)4-5-17(27)29/h2-3,6,9,22H,4-5,7H2,1H3,(H,23,24,25,26). The van der Waals surface area contributed by atoms with Gasteiger partial charge in [-0.1, -0.05) is 0 Å². The zero-order valence-corrected chi connectivity index (χ0v) is 17.1. The summed E-state index contributed by atoms with van der Waals surface area (Å²) in [6, 6.07) is 6.84. The zero-order valence-electron chi connectivity index (χ0n) is 17.1. The van der Waals surface area contributed by atoms with E-state index < -0.39 is 29.8 Å². The van der Waals surface area contributed by atoms with Crippen molar-refractivity contribution in [2.75, 3.05) is 5.32 Å². The fourth-order valence-electron chi connectivity index (χ4n) is 3.20. The summed E-state index contributed by atoms with van der Waals surface area (Å²) in [7, 11) is 0. The van der Waals surface area contributed by atoms with Gasteiger partial charge < -0.3 is 14.6 Å². The Hall–Kier alpha value is -4.86. The lowest BCUT2D eigenvalue weighted by atomic mass is 10.0. The zero-order chi connectivity index (χ0) is 23.5. The van der Waals surface area contributed by atoms with Crippen molar-refractivity contribution in [3.05, 3.63) is 51.8 Å². The molecule has 4 rings (SSSR count). The number of hydroxylamine groups is 2. The molecule has 0 bridgehead atoms. The van der Waals surface area contributed by atoms with Gasteiger partial charge in [0.2, 0.25) is 5.82 Å². The van der Waals surface area contributed by atoms with Crippen LogP contribution < -0.4 is 10.9 Å². The summed E-state index contributed by atoms with van der Waals surface area (Å²) in [5, 5.41) is 26.2. The van der Waals surface area contributed by atoms with Crippen LogP contribution in [-0.2, 0) is 25.6 Å². The minimum atomic E-state index is -0.928. The van der Waals surface area contributed by atoms with E-state index in [1.165, 1.54) is 6.20 Å². The van der Waals surface area contributed by atoms with Crippen molar-refractivity contribution in [3.63, 3.8) is 0 Å². The van der Waals surface area contributed by atoms with Crippen molar-refractivity contribution in [1.82, 2.24) is 25.7 Å². The number of benzene rings is 1. The maximum absolute atomic E-state index is 12.5. The van der Waals surface area contributed by atoms with Gasteiger partial charge in [0, 0.05) is 36.2 Å². The fraction of sp³-hybridized carbons (Fsp3) is 0.200. The average molecular weight is 449 g/mol. The summed E-state index contributed by atoms with van der Waals surface area (Å²) in [4.78, 5) is 52.8. The van der Waals surface area contributed by atoms with Gasteiger partial charge in [0.15, 0.2) is 0 Å². The lowest BCUT2D eigenvalue weighted by molar-refractivity contribution is -0.197. The molecule has 1 saturated heterocycles. The maximum atomic E-state index is 12.5. The van der Waals surface area contributed by atoms with E-state index >= 15 is 0 Å². The number of aryl methyl sites for hydroxylation is 1. The van der Waals surface area contributed by atoms with E-state index in [0.717, 1.165) is 0 Å². The first-order chi connectivity index (χ1) is 15.9. The van der Waals surface area contributed by atoms with E-state index in [1.807, 2.05) is 6.07 Å². The molecule has 0 radical (unpaired) electrons. The largest absolute Gasteiger partial charge is 0.422 e. The van der Waals surface area contributed by atoms with E-state index in [4.69, 9.17) is 9.25 Å². The van der Waals surface area contributed by atoms with Crippen LogP contribution in [0.1, 0.15) is 29.8 Å². The van der Waals surface area contributed by atoms with Gasteiger partial charge in [0.05, 0.1) is 12.0 Å². The third kappa shape index (κ3) is 4.30. The predicted octanol–water partition coefficient (Wildman–Crippen LogP) is 0.741. The summed E-state index contributed by atoms with van der Waals surface area (Å²) < 4.78 is 5.36. The van der Waals surface area contributed by atoms with Gasteiger partial charge in [0.25, 0.3) is 11.8 Å². The van der Waals surface area contributed by atoms with Gasteiger partial charge in [-0.3, -0.25) is 9.59 Å². The molecule has 1 aromatic carbocycles. The Bertz CT molecular complexity index is 1380. The van der Waals surface area contributed by atoms with Gasteiger partial charge in [-0.25, -0.2) is 9.59 Å². The Morgan fingerprint density at radius 1 is 1.33 bits per heavy atom. The SMILES string of the molecule is Cc1c(CC(=O)ON2C(=O)CCC2=O)c(=O)oc2cc(NC=C(C#N)c3nn[nH]n3)ccc12. The molecule has 0 unspecified atom stereocenters. The number of nitriles is 1. The topological polar surface area (TPSA) is 184 Å². The van der Waals surface area contributed by atoms with Crippen molar-refractivity contribution in [2.45, 2.75) is 26.2 Å². The van der Waals surface area contributed by atoms with Crippen molar-refractivity contribution in [1.29, 1.82) is 5.26 Å². The highest BCUT2D eigenvalue weighted by atomic mass is 16.7. The lowest BCUT2D eigenvalue weighted by Gasteiger charge is -2.13. The number of carbonyl (C=O) groups excluding carboxylic acids is 3. The number of tetrazole rings is 1. The molecule has 3 aromatic rings. The number of amides is 2. The van der Waals surface area contributed by atoms with Gasteiger partial charge in [0.1, 0.15) is 17.2 Å². The first kappa shape index (κ1) is 21.4. The molecule has 13 nitrogen and oxygen atoms in total. The molecule has 2 amide bonds. The Morgan fingerprint density at radius 2 is 2.09 bits per heavy atom. The molecule has 1 fully saturated rings. The van der Waals surface area contributed by atoms with E-state index in [0.29, 0.717) is 21.7 Å². The molecule has 166 valence electrons. The van der Waals surface area contributed by atoms with Crippen molar-refractivity contribution >= 4 is 40.0 Å². The Morgan fingerprint density at radius 3 is 2.76 bits per heavy atom. The molecule has 33 heavy (non-hydrogen) atoms. The van der Waals surface area contributed by atoms with Crippen molar-refractivity contribution in [2.24, 2.45) is 0 Å². The Kier molecular flexibility index (Phi) is 5.64. The van der Waals surface area contributed by atoms with E-state index in [9.17, 15) is 24.4 Å². The molecule has 0 spiro atoms. The normalized spacial score (nSPS) is 13.9. The second-order valence-corrected chi connectivity index (χ2v) is 6.98. The number of aromatic amines is 1. The predicted molar refractivity (Wildman–Crippen MR) is 109 cm³/mol. The number of H-pyrrole nitrogens is 1. The molecule has 3 heterocycles. The highest BCUT2D eigenvalue weighted by Crippen LogP contribution is 2.24. The second-order valence-electron chi connectivity index (χ2n) is 6.98. The number of imide groups is 1. The van der Waals surface area contributed by atoms with Gasteiger partial charge in [-0.05, 0) is 29.8 Å². The highest BCUT2D eigenvalue weighted by molar-refractivity contribution is 6.01. The first-order valence-corrected chi connectivity index (χ1v) is 9.61. The number of carbonyl (C=O) groups is 3. The number of fused-ring (bicyclic) bond motifs is 1. The second kappa shape index (κ2) is 8.71. The molecule has 13 heteroatoms. The molecule has 1 aliphatic heterocycles. The minimum absolute atomic E-state index is 0.0280. The maximum Gasteiger partial charge on any atom is 0.340 e. The lowest BCUT2D eigenvalue weighted by Crippen LogP contribution is -2.33. The van der Waals surface area contributed by atoms with Gasteiger partial charge in [-0.2, -0.15) is 10.5 Å². The fourth-order valence-corrected chi connectivity index (χ4v) is 3.20. The summed E-state index contributed by atoms with van der Waals surface area (Å²) in [6.45, 7) is 1.64. The third-order valence-electron chi connectivity index (χ3n) is 4.90. The molecule has 1 aliphatic rings. The smallest absolute Gasteiger partial charge is 0.340 e. The number of hydrogen-bond acceptors (Lipinski definition) is 11. The molecule has 0 aliphatic carbocycles. The van der Waals surface area contributed by atoms with Crippen LogP contribution >= 0.6 is 0 Å². The summed E-state index contributed by atoms with van der Waals surface area (Å²) in [5.41, 5.74) is 0.675. The molecule has 0 saturated carbocycles. The van der Waals surface area contributed by atoms with E-state index in [2.05, 4.69) is 25.9 Å². The Labute approximate surface area is 184 Å². The van der Waals surface area contributed by atoms with Crippen LogP contribution in [0.4, 0.5) is 5.69 Å². The van der Waals surface area contributed by atoms with Crippen LogP contribution in [0.2, 0.25) is 0 Å². The third-order valence-corrected chi connectivity index (χ3v) is 4.90. The van der Waals surface area contributed by atoms with Crippen LogP contribution in [0.15, 0.2) is 33.6 Å². The number of aromatic nitrogens is 4. The van der Waals surface area contributed by atoms with E-state index in [-0.39, 0.29) is 35.4 Å². The Balaban J connectivity index is 1.56. The summed E-state index contributed by atoms with van der Waals surface area (Å²) in [6.07, 6.45) is 0.849. The quantitative estimate of drug-likeness (QED) is 0.307. The molecule has 2 N–H and O–H groups in total. The number of hydrogen-bond donors (Lipinski definition) is 2. The molecule has 0 atom stereocenters. The van der Waals surface area contributed by atoms with Gasteiger partial charge in [-0.15, -0.1) is 15.3 Å². The molecular weight excluding hydrogens is 434 g/mol. The molecule has 2 aromatic heterocycles. The monoisotopic (exact) mass is 449 g/mol. The minimum Gasteiger partial charge on any atom is -0.422 e. The van der Waals surface area contributed by atoms with Crippen LogP contribution in [0.5, 0.6) is 0 Å². The number of nitrogens with zero attached hydrogens (tertiary/aromatic N) is 5. The summed E-state index contributed by atoms with van der Waals surface area (Å²) >= 11 is 0. The van der Waals surface area contributed by atoms with E-state index in [1.54, 1.807) is 25.1 Å². The van der Waals surface area contributed by atoms with Crippen molar-refractivity contribution in [3.8, 4) is 6.07 Å². The number of anilines is 1. The average Bonchev–Trinajstić information content (AvgIpc) is 3.43. The number of nitrogens with one attached hydrogen (secondary N) is 2. The van der Waals surface area contributed by atoms with Gasteiger partial charge >= 0.3 is 11.6 Å².